The fourth-order valence-electron chi connectivity index (χ4n) is 3.89. The van der Waals surface area contributed by atoms with E-state index < -0.39 is 6.04 Å². The molecule has 0 saturated heterocycles. The molecule has 1 aliphatic rings. The number of halogens is 1. The molecule has 4 aromatic rings. The fourth-order valence-corrected chi connectivity index (χ4v) is 3.89. The maximum atomic E-state index is 14.1. The number of aromatic nitrogens is 3. The van der Waals surface area contributed by atoms with Crippen molar-refractivity contribution in [1.82, 2.24) is 20.1 Å². The van der Waals surface area contributed by atoms with Gasteiger partial charge in [-0.2, -0.15) is 5.10 Å². The van der Waals surface area contributed by atoms with Crippen LogP contribution in [0.25, 0.3) is 11.3 Å². The third kappa shape index (κ3) is 2.99. The van der Waals surface area contributed by atoms with Crippen LogP contribution in [-0.2, 0) is 6.54 Å². The lowest BCUT2D eigenvalue weighted by Gasteiger charge is -2.26. The predicted molar refractivity (Wildman–Crippen MR) is 106 cm³/mol. The quantitative estimate of drug-likeness (QED) is 0.569. The normalized spacial score (nSPS) is 15.6. The van der Waals surface area contributed by atoms with Crippen LogP contribution in [0, 0.1) is 5.82 Å². The highest BCUT2D eigenvalue weighted by Crippen LogP contribution is 2.43. The highest BCUT2D eigenvalue weighted by molar-refractivity contribution is 6.00. The van der Waals surface area contributed by atoms with E-state index in [2.05, 4.69) is 15.2 Å². The summed E-state index contributed by atoms with van der Waals surface area (Å²) in [5, 5.41) is 7.33. The average molecular weight is 384 g/mol. The summed E-state index contributed by atoms with van der Waals surface area (Å²) in [5.74, 6) is -0.498. The van der Waals surface area contributed by atoms with Crippen molar-refractivity contribution >= 4 is 5.91 Å². The van der Waals surface area contributed by atoms with E-state index in [9.17, 15) is 9.18 Å². The molecule has 5 nitrogen and oxygen atoms in total. The van der Waals surface area contributed by atoms with Crippen molar-refractivity contribution in [3.8, 4) is 11.3 Å². The van der Waals surface area contributed by atoms with E-state index in [4.69, 9.17) is 0 Å². The number of amides is 1. The number of carbonyl (C=O) groups excluding carboxylic acids is 1. The number of pyridine rings is 1. The predicted octanol–water partition coefficient (Wildman–Crippen LogP) is 4.36. The van der Waals surface area contributed by atoms with E-state index in [0.717, 1.165) is 16.7 Å². The maximum Gasteiger partial charge on any atom is 0.273 e. The van der Waals surface area contributed by atoms with E-state index in [-0.39, 0.29) is 11.7 Å². The molecule has 0 radical (unpaired) electrons. The smallest absolute Gasteiger partial charge is 0.273 e. The summed E-state index contributed by atoms with van der Waals surface area (Å²) >= 11 is 0. The molecule has 6 heteroatoms. The highest BCUT2D eigenvalue weighted by atomic mass is 19.1. The van der Waals surface area contributed by atoms with Crippen molar-refractivity contribution < 1.29 is 9.18 Å². The number of benzene rings is 2. The van der Waals surface area contributed by atoms with E-state index >= 15 is 0 Å². The molecular weight excluding hydrogens is 367 g/mol. The van der Waals surface area contributed by atoms with Crippen LogP contribution < -0.4 is 0 Å². The van der Waals surface area contributed by atoms with Crippen LogP contribution in [-0.4, -0.2) is 26.0 Å². The van der Waals surface area contributed by atoms with Crippen LogP contribution in [0.1, 0.15) is 33.2 Å². The lowest BCUT2D eigenvalue weighted by atomic mass is 9.96. The Morgan fingerprint density at radius 3 is 2.66 bits per heavy atom. The summed E-state index contributed by atoms with van der Waals surface area (Å²) in [4.78, 5) is 19.1. The van der Waals surface area contributed by atoms with Gasteiger partial charge < -0.3 is 4.90 Å². The summed E-state index contributed by atoms with van der Waals surface area (Å²) in [7, 11) is 0. The summed E-state index contributed by atoms with van der Waals surface area (Å²) in [6, 6.07) is 19.4. The Bertz CT molecular complexity index is 1170. The molecule has 142 valence electrons. The molecule has 2 aromatic heterocycles. The first kappa shape index (κ1) is 17.3. The van der Waals surface area contributed by atoms with Gasteiger partial charge in [-0.15, -0.1) is 0 Å². The lowest BCUT2D eigenvalue weighted by Crippen LogP contribution is -2.29. The summed E-state index contributed by atoms with van der Waals surface area (Å²) < 4.78 is 14.1. The van der Waals surface area contributed by atoms with Gasteiger partial charge in [-0.25, -0.2) is 4.39 Å². The summed E-state index contributed by atoms with van der Waals surface area (Å²) in [6.45, 7) is 0.366. The number of fused-ring (bicyclic) bond motifs is 1. The SMILES string of the molecule is O=C1c2[nH]nc(-c3ccccc3)c2C(c2cccc(F)c2)N1Cc1cccnc1. The van der Waals surface area contributed by atoms with E-state index in [1.54, 1.807) is 23.4 Å². The largest absolute Gasteiger partial charge is 0.322 e. The minimum atomic E-state index is -0.442. The van der Waals surface area contributed by atoms with Gasteiger partial charge in [0, 0.05) is 30.1 Å². The van der Waals surface area contributed by atoms with Crippen LogP contribution in [0.3, 0.4) is 0 Å². The van der Waals surface area contributed by atoms with Gasteiger partial charge in [-0.1, -0.05) is 48.5 Å². The molecule has 0 bridgehead atoms. The number of nitrogens with zero attached hydrogens (tertiary/aromatic N) is 3. The van der Waals surface area contributed by atoms with Crippen molar-refractivity contribution in [1.29, 1.82) is 0 Å². The van der Waals surface area contributed by atoms with Crippen molar-refractivity contribution in [3.05, 3.63) is 107 Å². The van der Waals surface area contributed by atoms with Crippen LogP contribution >= 0.6 is 0 Å². The zero-order valence-corrected chi connectivity index (χ0v) is 15.4. The van der Waals surface area contributed by atoms with Gasteiger partial charge in [0.05, 0.1) is 11.7 Å². The number of H-pyrrole nitrogens is 1. The molecule has 1 amide bonds. The first-order valence-electron chi connectivity index (χ1n) is 9.31. The highest BCUT2D eigenvalue weighted by Gasteiger charge is 2.42. The Kier molecular flexibility index (Phi) is 4.17. The molecule has 5 rings (SSSR count). The zero-order chi connectivity index (χ0) is 19.8. The van der Waals surface area contributed by atoms with Crippen molar-refractivity contribution in [2.45, 2.75) is 12.6 Å². The van der Waals surface area contributed by atoms with Crippen molar-refractivity contribution in [2.75, 3.05) is 0 Å². The summed E-state index contributed by atoms with van der Waals surface area (Å²) in [6.07, 6.45) is 3.43. The first-order chi connectivity index (χ1) is 14.2. The topological polar surface area (TPSA) is 61.9 Å². The minimum absolute atomic E-state index is 0.159. The van der Waals surface area contributed by atoms with E-state index in [1.807, 2.05) is 48.5 Å². The number of carbonyl (C=O) groups is 1. The Balaban J connectivity index is 1.66. The Labute approximate surface area is 166 Å². The zero-order valence-electron chi connectivity index (χ0n) is 15.4. The van der Waals surface area contributed by atoms with Gasteiger partial charge >= 0.3 is 0 Å². The van der Waals surface area contributed by atoms with E-state index in [0.29, 0.717) is 23.5 Å². The van der Waals surface area contributed by atoms with Gasteiger partial charge in [-0.05, 0) is 29.3 Å². The fraction of sp³-hybridized carbons (Fsp3) is 0.0870. The molecule has 29 heavy (non-hydrogen) atoms. The Hall–Kier alpha value is -3.80. The molecule has 0 fully saturated rings. The van der Waals surface area contributed by atoms with Gasteiger partial charge in [0.1, 0.15) is 11.5 Å². The molecule has 3 heterocycles. The number of hydrogen-bond acceptors (Lipinski definition) is 3. The molecule has 1 aliphatic heterocycles. The number of nitrogens with one attached hydrogen (secondary N) is 1. The molecule has 2 aromatic carbocycles. The van der Waals surface area contributed by atoms with Crippen LogP contribution in [0.15, 0.2) is 79.1 Å². The van der Waals surface area contributed by atoms with Gasteiger partial charge in [0.2, 0.25) is 0 Å². The number of aromatic amines is 1. The van der Waals surface area contributed by atoms with Gasteiger partial charge in [-0.3, -0.25) is 14.9 Å². The molecular formula is C23H17FN4O. The first-order valence-corrected chi connectivity index (χ1v) is 9.31. The minimum Gasteiger partial charge on any atom is -0.322 e. The molecule has 0 saturated carbocycles. The molecule has 1 atom stereocenters. The van der Waals surface area contributed by atoms with Crippen LogP contribution in [0.5, 0.6) is 0 Å². The second-order valence-electron chi connectivity index (χ2n) is 6.98. The number of hydrogen-bond donors (Lipinski definition) is 1. The Morgan fingerprint density at radius 1 is 1.03 bits per heavy atom. The molecule has 0 spiro atoms. The number of rotatable bonds is 4. The van der Waals surface area contributed by atoms with Crippen molar-refractivity contribution in [3.63, 3.8) is 0 Å². The van der Waals surface area contributed by atoms with Gasteiger partial charge in [0.25, 0.3) is 5.91 Å². The molecule has 1 unspecified atom stereocenters. The monoisotopic (exact) mass is 384 g/mol. The van der Waals surface area contributed by atoms with Crippen molar-refractivity contribution in [2.24, 2.45) is 0 Å². The van der Waals surface area contributed by atoms with Crippen LogP contribution in [0.2, 0.25) is 0 Å². The van der Waals surface area contributed by atoms with Crippen LogP contribution in [0.4, 0.5) is 4.39 Å². The third-order valence-corrected chi connectivity index (χ3v) is 5.15. The average Bonchev–Trinajstić information content (AvgIpc) is 3.29. The Morgan fingerprint density at radius 2 is 1.90 bits per heavy atom. The van der Waals surface area contributed by atoms with E-state index in [1.165, 1.54) is 12.1 Å². The third-order valence-electron chi connectivity index (χ3n) is 5.15. The summed E-state index contributed by atoms with van der Waals surface area (Å²) in [5.41, 5.74) is 4.44. The van der Waals surface area contributed by atoms with Gasteiger partial charge in [0.15, 0.2) is 0 Å². The second kappa shape index (κ2) is 6.98. The molecule has 1 N–H and O–H groups in total. The molecule has 0 aliphatic carbocycles. The second-order valence-corrected chi connectivity index (χ2v) is 6.98. The maximum absolute atomic E-state index is 14.1. The standard InChI is InChI=1S/C23H17FN4O/c24-18-10-4-9-17(12-18)22-19-20(16-7-2-1-3-8-16)26-27-21(19)23(29)28(22)14-15-6-5-11-25-13-15/h1-13,22H,14H2,(H,26,27). The lowest BCUT2D eigenvalue weighted by molar-refractivity contribution is 0.0729.